The molecule has 38 heavy (non-hydrogen) atoms. The van der Waals surface area contributed by atoms with Gasteiger partial charge in [-0.25, -0.2) is 0 Å². The van der Waals surface area contributed by atoms with Crippen molar-refractivity contribution in [2.24, 2.45) is 0 Å². The largest absolute Gasteiger partial charge is 0.297 e. The predicted molar refractivity (Wildman–Crippen MR) is 153 cm³/mol. The maximum absolute atomic E-state index is 15.5. The van der Waals surface area contributed by atoms with Crippen molar-refractivity contribution < 1.29 is 4.79 Å². The molecule has 1 heterocycles. The third kappa shape index (κ3) is 3.01. The zero-order valence-corrected chi connectivity index (χ0v) is 21.0. The SMILES string of the molecule is O=C1[C@@]2(c3ccccc3)C[C@H](c3ccncc3)[C@]1(c1ccccc1)C(c1ccccc1)=C2c1ccccc1. The Kier molecular flexibility index (Phi) is 5.23. The molecule has 7 rings (SSSR count). The van der Waals surface area contributed by atoms with Crippen LogP contribution in [0.15, 0.2) is 146 Å². The molecule has 2 aliphatic carbocycles. The number of carbonyl (C=O) groups excluding carboxylic acids is 1. The molecule has 0 spiro atoms. The van der Waals surface area contributed by atoms with Gasteiger partial charge in [-0.3, -0.25) is 9.78 Å². The summed E-state index contributed by atoms with van der Waals surface area (Å²) >= 11 is 0. The lowest BCUT2D eigenvalue weighted by atomic mass is 9.61. The molecule has 2 bridgehead atoms. The van der Waals surface area contributed by atoms with Gasteiger partial charge in [0.1, 0.15) is 0 Å². The molecule has 1 aromatic heterocycles. The molecule has 0 unspecified atom stereocenters. The number of fused-ring (bicyclic) bond motifs is 2. The molecule has 2 nitrogen and oxygen atoms in total. The first-order valence-corrected chi connectivity index (χ1v) is 13.2. The van der Waals surface area contributed by atoms with Gasteiger partial charge in [-0.15, -0.1) is 0 Å². The van der Waals surface area contributed by atoms with Gasteiger partial charge in [0, 0.05) is 18.3 Å². The number of allylic oxidation sites excluding steroid dienone is 2. The third-order valence-corrected chi connectivity index (χ3v) is 8.58. The summed E-state index contributed by atoms with van der Waals surface area (Å²) in [6, 6.07) is 46.1. The highest BCUT2D eigenvalue weighted by atomic mass is 16.1. The molecule has 182 valence electrons. The Balaban J connectivity index is 1.68. The van der Waals surface area contributed by atoms with E-state index in [1.807, 2.05) is 36.7 Å². The van der Waals surface area contributed by atoms with E-state index < -0.39 is 10.8 Å². The second-order valence-corrected chi connectivity index (χ2v) is 10.3. The van der Waals surface area contributed by atoms with Gasteiger partial charge in [-0.05, 0) is 57.5 Å². The van der Waals surface area contributed by atoms with Crippen LogP contribution >= 0.6 is 0 Å². The topological polar surface area (TPSA) is 30.0 Å². The van der Waals surface area contributed by atoms with Crippen molar-refractivity contribution in [2.75, 3.05) is 0 Å². The molecular formula is C36H27NO. The molecule has 5 aromatic rings. The minimum Gasteiger partial charge on any atom is -0.297 e. The molecule has 2 heteroatoms. The molecule has 1 saturated carbocycles. The molecule has 0 N–H and O–H groups in total. The fraction of sp³-hybridized carbons (Fsp3) is 0.111. The van der Waals surface area contributed by atoms with Gasteiger partial charge in [-0.2, -0.15) is 0 Å². The molecular weight excluding hydrogens is 462 g/mol. The zero-order valence-electron chi connectivity index (χ0n) is 21.0. The highest BCUT2D eigenvalue weighted by molar-refractivity contribution is 6.29. The fourth-order valence-corrected chi connectivity index (χ4v) is 7.19. The lowest BCUT2D eigenvalue weighted by Gasteiger charge is -2.39. The van der Waals surface area contributed by atoms with E-state index in [0.717, 1.165) is 39.0 Å². The maximum atomic E-state index is 15.5. The van der Waals surface area contributed by atoms with Gasteiger partial charge in [0.15, 0.2) is 5.78 Å². The number of nitrogens with zero attached hydrogens (tertiary/aromatic N) is 1. The summed E-state index contributed by atoms with van der Waals surface area (Å²) in [5.74, 6) is 0.227. The van der Waals surface area contributed by atoms with Crippen molar-refractivity contribution >= 4 is 16.9 Å². The van der Waals surface area contributed by atoms with Crippen LogP contribution in [0.3, 0.4) is 0 Å². The van der Waals surface area contributed by atoms with Crippen molar-refractivity contribution in [3.05, 3.63) is 174 Å². The first-order valence-electron chi connectivity index (χ1n) is 13.2. The Morgan fingerprint density at radius 3 is 1.58 bits per heavy atom. The average Bonchev–Trinajstić information content (AvgIpc) is 3.41. The summed E-state index contributed by atoms with van der Waals surface area (Å²) in [5, 5.41) is 0. The van der Waals surface area contributed by atoms with Crippen molar-refractivity contribution in [3.63, 3.8) is 0 Å². The summed E-state index contributed by atoms with van der Waals surface area (Å²) in [7, 11) is 0. The molecule has 0 aliphatic heterocycles. The first kappa shape index (κ1) is 22.6. The van der Waals surface area contributed by atoms with Crippen LogP contribution in [0.4, 0.5) is 0 Å². The molecule has 3 atom stereocenters. The second kappa shape index (κ2) is 8.78. The molecule has 1 fully saturated rings. The summed E-state index contributed by atoms with van der Waals surface area (Å²) in [4.78, 5) is 19.8. The normalized spacial score (nSPS) is 24.1. The minimum atomic E-state index is -0.842. The Hall–Kier alpha value is -4.56. The third-order valence-electron chi connectivity index (χ3n) is 8.58. The van der Waals surface area contributed by atoms with Crippen LogP contribution in [0.2, 0.25) is 0 Å². The monoisotopic (exact) mass is 489 g/mol. The number of hydrogen-bond acceptors (Lipinski definition) is 2. The molecule has 4 aromatic carbocycles. The molecule has 0 amide bonds. The van der Waals surface area contributed by atoms with E-state index in [9.17, 15) is 0 Å². The standard InChI is InChI=1S/C36H27NO/c38-34-35(29-17-9-3-10-18-29)25-31(26-21-23-37-24-22-26)36(34,30-19-11-4-12-20-30)33(28-15-7-2-8-16-28)32(35)27-13-5-1-6-14-27/h1-24,31H,25H2/t31-,35-,36-/m1/s1. The van der Waals surface area contributed by atoms with Crippen molar-refractivity contribution in [1.82, 2.24) is 4.98 Å². The maximum Gasteiger partial charge on any atom is 0.163 e. The number of aromatic nitrogens is 1. The quantitative estimate of drug-likeness (QED) is 0.254. The highest BCUT2D eigenvalue weighted by Gasteiger charge is 2.72. The zero-order chi connectivity index (χ0) is 25.6. The highest BCUT2D eigenvalue weighted by Crippen LogP contribution is 2.72. The van der Waals surface area contributed by atoms with Gasteiger partial charge < -0.3 is 0 Å². The van der Waals surface area contributed by atoms with E-state index in [0.29, 0.717) is 6.42 Å². The summed E-state index contributed by atoms with van der Waals surface area (Å²) in [5.41, 5.74) is 6.10. The number of Topliss-reactive ketones (excluding diaryl/α,β-unsaturated/α-hetero) is 1. The Bertz CT molecular complexity index is 1630. The number of carbonyl (C=O) groups is 1. The number of hydrogen-bond donors (Lipinski definition) is 0. The van der Waals surface area contributed by atoms with Gasteiger partial charge in [0.05, 0.1) is 10.8 Å². The number of benzene rings is 4. The second-order valence-electron chi connectivity index (χ2n) is 10.3. The average molecular weight is 490 g/mol. The summed E-state index contributed by atoms with van der Waals surface area (Å²) in [6.07, 6.45) is 4.41. The van der Waals surface area contributed by atoms with Crippen LogP contribution < -0.4 is 0 Å². The van der Waals surface area contributed by atoms with Crippen LogP contribution in [-0.2, 0) is 15.6 Å². The van der Waals surface area contributed by atoms with Crippen LogP contribution in [0.1, 0.15) is 40.2 Å². The van der Waals surface area contributed by atoms with Crippen molar-refractivity contribution in [3.8, 4) is 0 Å². The minimum absolute atomic E-state index is 0.0386. The summed E-state index contributed by atoms with van der Waals surface area (Å²) in [6.45, 7) is 0. The van der Waals surface area contributed by atoms with E-state index in [4.69, 9.17) is 0 Å². The Morgan fingerprint density at radius 2 is 1.03 bits per heavy atom. The van der Waals surface area contributed by atoms with Crippen molar-refractivity contribution in [2.45, 2.75) is 23.2 Å². The number of pyridine rings is 1. The lowest BCUT2D eigenvalue weighted by molar-refractivity contribution is -0.123. The van der Waals surface area contributed by atoms with E-state index >= 15 is 4.79 Å². The fourth-order valence-electron chi connectivity index (χ4n) is 7.19. The van der Waals surface area contributed by atoms with E-state index in [-0.39, 0.29) is 11.7 Å². The number of ketones is 1. The molecule has 0 radical (unpaired) electrons. The van der Waals surface area contributed by atoms with E-state index in [2.05, 4.69) is 114 Å². The Labute approximate surface area is 223 Å². The van der Waals surface area contributed by atoms with E-state index in [1.165, 1.54) is 0 Å². The van der Waals surface area contributed by atoms with Crippen LogP contribution in [0.5, 0.6) is 0 Å². The van der Waals surface area contributed by atoms with Gasteiger partial charge >= 0.3 is 0 Å². The first-order chi connectivity index (χ1) is 18.8. The Morgan fingerprint density at radius 1 is 0.553 bits per heavy atom. The van der Waals surface area contributed by atoms with Crippen LogP contribution in [0.25, 0.3) is 11.1 Å². The van der Waals surface area contributed by atoms with E-state index in [1.54, 1.807) is 0 Å². The van der Waals surface area contributed by atoms with Gasteiger partial charge in [0.25, 0.3) is 0 Å². The summed E-state index contributed by atoms with van der Waals surface area (Å²) < 4.78 is 0. The smallest absolute Gasteiger partial charge is 0.163 e. The van der Waals surface area contributed by atoms with Crippen LogP contribution in [0, 0.1) is 0 Å². The lowest BCUT2D eigenvalue weighted by Crippen LogP contribution is -2.38. The van der Waals surface area contributed by atoms with Gasteiger partial charge in [0.2, 0.25) is 0 Å². The van der Waals surface area contributed by atoms with Crippen molar-refractivity contribution in [1.29, 1.82) is 0 Å². The van der Waals surface area contributed by atoms with Crippen LogP contribution in [-0.4, -0.2) is 10.8 Å². The predicted octanol–water partition coefficient (Wildman–Crippen LogP) is 7.64. The van der Waals surface area contributed by atoms with Gasteiger partial charge in [-0.1, -0.05) is 121 Å². The molecule has 0 saturated heterocycles. The number of rotatable bonds is 5. The molecule has 2 aliphatic rings.